The number of aliphatic hydroxyl groups excluding tert-OH is 1. The largest absolute Gasteiger partial charge is 0.472 e. The molecule has 1 aliphatic heterocycles. The molecule has 1 aromatic heterocycles. The van der Waals surface area contributed by atoms with E-state index in [1.165, 1.54) is 29.9 Å². The van der Waals surface area contributed by atoms with Crippen LogP contribution in [0.5, 0.6) is 0 Å². The number of aryl methyl sites for hydroxylation is 1. The van der Waals surface area contributed by atoms with Gasteiger partial charge in [-0.1, -0.05) is 69.9 Å². The van der Waals surface area contributed by atoms with E-state index in [-0.39, 0.29) is 82.3 Å². The lowest BCUT2D eigenvalue weighted by Gasteiger charge is -2.29. The van der Waals surface area contributed by atoms with Crippen LogP contribution in [0.25, 0.3) is 0 Å². The Morgan fingerprint density at radius 2 is 1.50 bits per heavy atom. The molecule has 12 N–H and O–H groups in total. The number of nitrogens with one attached hydrogen (secondary N) is 6. The van der Waals surface area contributed by atoms with Crippen LogP contribution in [0.1, 0.15) is 96.2 Å². The van der Waals surface area contributed by atoms with Gasteiger partial charge in [-0.2, -0.15) is 12.6 Å². The summed E-state index contributed by atoms with van der Waals surface area (Å²) in [6.45, 7) is 5.06. The maximum Gasteiger partial charge on any atom is 0.472 e. The first-order chi connectivity index (χ1) is 35.3. The van der Waals surface area contributed by atoms with Gasteiger partial charge >= 0.3 is 7.82 Å². The van der Waals surface area contributed by atoms with Gasteiger partial charge in [-0.25, -0.2) is 9.55 Å². The van der Waals surface area contributed by atoms with Gasteiger partial charge in [0.15, 0.2) is 0 Å². The number of imidazole rings is 1. The second-order valence-corrected chi connectivity index (χ2v) is 20.2. The Morgan fingerprint density at radius 3 is 2.15 bits per heavy atom. The highest BCUT2D eigenvalue weighted by Crippen LogP contribution is 2.45. The van der Waals surface area contributed by atoms with E-state index in [0.29, 0.717) is 31.5 Å². The average Bonchev–Trinajstić information content (AvgIpc) is 4.08. The number of aromatic amines is 1. The number of unbranched alkanes of at least 4 members (excludes halogenated alkanes) is 5. The number of benzene rings is 1. The molecule has 0 saturated carbocycles. The van der Waals surface area contributed by atoms with E-state index >= 15 is 0 Å². The van der Waals surface area contributed by atoms with Gasteiger partial charge in [0.2, 0.25) is 41.4 Å². The Hall–Kier alpha value is -4.98. The average molecular weight is 1080 g/mol. The molecule has 0 aliphatic carbocycles. The third-order valence-electron chi connectivity index (χ3n) is 11.9. The molecule has 0 radical (unpaired) electrons. The Bertz CT molecular complexity index is 2080. The molecule has 26 heteroatoms. The van der Waals surface area contributed by atoms with Crippen LogP contribution in [0, 0.1) is 5.92 Å². The van der Waals surface area contributed by atoms with Crippen molar-refractivity contribution >= 4 is 61.8 Å². The minimum atomic E-state index is -4.74. The number of carbonyl (C=O) groups is 7. The summed E-state index contributed by atoms with van der Waals surface area (Å²) in [5.74, 6) is -5.10. The predicted octanol–water partition coefficient (Wildman–Crippen LogP) is 0.308. The van der Waals surface area contributed by atoms with Gasteiger partial charge < -0.3 is 67.4 Å². The smallest absolute Gasteiger partial charge is 0.394 e. The second kappa shape index (κ2) is 34.6. The van der Waals surface area contributed by atoms with Crippen molar-refractivity contribution in [2.24, 2.45) is 17.4 Å². The first-order valence-electron chi connectivity index (χ1n) is 25.2. The molecule has 1 fully saturated rings. The molecular weight excluding hydrogens is 1000 g/mol. The van der Waals surface area contributed by atoms with Gasteiger partial charge in [-0.3, -0.25) is 42.6 Å². The Balaban J connectivity index is 1.53. The topological polar surface area (TPSA) is 358 Å². The number of primary amides is 1. The van der Waals surface area contributed by atoms with E-state index < -0.39 is 86.3 Å². The molecule has 1 saturated heterocycles. The maximum atomic E-state index is 14.0. The Morgan fingerprint density at radius 1 is 0.851 bits per heavy atom. The number of nitrogens with zero attached hydrogens (tertiary/aromatic N) is 2. The van der Waals surface area contributed by atoms with Crippen LogP contribution in [0.3, 0.4) is 0 Å². The molecule has 2 heterocycles. The summed E-state index contributed by atoms with van der Waals surface area (Å²) >= 11 is 3.99. The van der Waals surface area contributed by atoms with Crippen molar-refractivity contribution < 1.29 is 66.6 Å². The zero-order valence-electron chi connectivity index (χ0n) is 42.7. The van der Waals surface area contributed by atoms with Gasteiger partial charge in [0, 0.05) is 37.2 Å². The van der Waals surface area contributed by atoms with E-state index in [2.05, 4.69) is 61.3 Å². The standard InChI is InChI=1S/C48H79N10O14PS/c1-32(2)26-37(55-48(66)40-17-13-20-58(40)41(60)18-22-69-24-25-70-23-19-52-44(62)36(49)30-74)45(63)54-38(27-35-28-51-31-53-35)46(64)56-39(29-59)47(65)57-42(43(50)61)33(3)72-73(67,68)71-21-12-7-5-4-6-9-14-34-15-10-8-11-16-34/h8,10-11,15-16,28,31-33,36-40,42,59,74H,4-7,9,12-14,17-27,29-30,49H2,1-3H3,(H2,50,61)(H,51,53)(H,52,62)(H,54,63)(H,55,66)(H,56,64)(H,57,65)(H,67,68)/t33-,36+,37+,38+,39+,40+,42+/m1/s1. The van der Waals surface area contributed by atoms with Gasteiger partial charge in [0.05, 0.1) is 64.5 Å². The number of amides is 7. The van der Waals surface area contributed by atoms with Crippen molar-refractivity contribution in [1.82, 2.24) is 41.5 Å². The highest BCUT2D eigenvalue weighted by Gasteiger charge is 2.38. The van der Waals surface area contributed by atoms with E-state index in [1.54, 1.807) is 0 Å². The minimum absolute atomic E-state index is 0.0125. The first kappa shape index (κ1) is 63.3. The van der Waals surface area contributed by atoms with Crippen molar-refractivity contribution in [2.75, 3.05) is 58.5 Å². The third-order valence-corrected chi connectivity index (χ3v) is 13.4. The number of aromatic nitrogens is 2. The summed E-state index contributed by atoms with van der Waals surface area (Å²) in [6.07, 6.45) is 8.31. The molecule has 74 heavy (non-hydrogen) atoms. The highest BCUT2D eigenvalue weighted by atomic mass is 32.1. The molecule has 1 unspecified atom stereocenters. The number of hydrogen-bond donors (Lipinski definition) is 11. The van der Waals surface area contributed by atoms with E-state index in [0.717, 1.165) is 38.5 Å². The SMILES string of the molecule is CC(C)C[C@H](NC(=O)[C@@H]1CCCN1C(=O)CCOCCOCCNC(=O)[C@@H](N)CS)C(=O)N[C@@H](Cc1cnc[nH]1)C(=O)N[C@@H](CO)C(=O)N[C@H](C(N)=O)[C@@H](C)OP(=O)(O)OCCCCCCCCc1ccccc1. The Labute approximate surface area is 438 Å². The van der Waals surface area contributed by atoms with Crippen LogP contribution >= 0.6 is 20.5 Å². The summed E-state index contributed by atoms with van der Waals surface area (Å²) in [6, 6.07) is 2.59. The van der Waals surface area contributed by atoms with E-state index in [4.69, 9.17) is 30.0 Å². The lowest BCUT2D eigenvalue weighted by atomic mass is 10.0. The molecule has 2 aromatic rings. The first-order valence-corrected chi connectivity index (χ1v) is 27.4. The summed E-state index contributed by atoms with van der Waals surface area (Å²) in [5, 5.41) is 22.9. The van der Waals surface area contributed by atoms with Crippen molar-refractivity contribution in [3.63, 3.8) is 0 Å². The monoisotopic (exact) mass is 1080 g/mol. The fourth-order valence-corrected chi connectivity index (χ4v) is 9.02. The molecular formula is C48H79N10O14PS. The molecule has 0 bridgehead atoms. The van der Waals surface area contributed by atoms with Gasteiger partial charge in [0.1, 0.15) is 30.2 Å². The fourth-order valence-electron chi connectivity index (χ4n) is 7.90. The van der Waals surface area contributed by atoms with E-state index in [9.17, 15) is 48.1 Å². The Kier molecular flexibility index (Phi) is 29.6. The summed E-state index contributed by atoms with van der Waals surface area (Å²) in [5.41, 5.74) is 12.8. The van der Waals surface area contributed by atoms with Gasteiger partial charge in [-0.05, 0) is 56.9 Å². The summed E-state index contributed by atoms with van der Waals surface area (Å²) in [7, 11) is -4.74. The molecule has 1 aliphatic rings. The maximum absolute atomic E-state index is 14.0. The number of rotatable bonds is 38. The number of phosphoric acid groups is 1. The highest BCUT2D eigenvalue weighted by molar-refractivity contribution is 7.80. The number of likely N-dealkylation sites (tertiary alicyclic amines) is 1. The molecule has 0 spiro atoms. The van der Waals surface area contributed by atoms with Crippen LogP contribution in [0.15, 0.2) is 42.9 Å². The van der Waals surface area contributed by atoms with Crippen molar-refractivity contribution in [3.8, 4) is 0 Å². The molecule has 8 atom stereocenters. The quantitative estimate of drug-likeness (QED) is 0.0245. The second-order valence-electron chi connectivity index (χ2n) is 18.4. The number of thiol groups is 1. The molecule has 3 rings (SSSR count). The number of H-pyrrole nitrogens is 1. The van der Waals surface area contributed by atoms with Crippen molar-refractivity contribution in [1.29, 1.82) is 0 Å². The molecule has 24 nitrogen and oxygen atoms in total. The van der Waals surface area contributed by atoms with E-state index in [1.807, 2.05) is 32.0 Å². The zero-order chi connectivity index (χ0) is 54.5. The number of nitrogens with two attached hydrogens (primary N) is 2. The molecule has 7 amide bonds. The molecule has 416 valence electrons. The normalized spacial score (nSPS) is 16.8. The van der Waals surface area contributed by atoms with Crippen LogP contribution in [0.2, 0.25) is 0 Å². The number of hydrogen-bond acceptors (Lipinski definition) is 16. The fraction of sp³-hybridized carbons (Fsp3) is 0.667. The van der Waals surface area contributed by atoms with Crippen LogP contribution in [0.4, 0.5) is 0 Å². The minimum Gasteiger partial charge on any atom is -0.394 e. The number of carbonyl (C=O) groups excluding carboxylic acids is 7. The number of aliphatic hydroxyl groups is 1. The zero-order valence-corrected chi connectivity index (χ0v) is 44.5. The van der Waals surface area contributed by atoms with Gasteiger partial charge in [-0.15, -0.1) is 0 Å². The van der Waals surface area contributed by atoms with Crippen LogP contribution in [-0.4, -0.2) is 167 Å². The van der Waals surface area contributed by atoms with Crippen LogP contribution < -0.4 is 38.1 Å². The number of ether oxygens (including phenoxy) is 2. The summed E-state index contributed by atoms with van der Waals surface area (Å²) in [4.78, 5) is 111. The lowest BCUT2D eigenvalue weighted by molar-refractivity contribution is -0.140. The van der Waals surface area contributed by atoms with Crippen LogP contribution in [-0.2, 0) is 69.5 Å². The lowest BCUT2D eigenvalue weighted by Crippen LogP contribution is -2.61. The molecule has 1 aromatic carbocycles. The van der Waals surface area contributed by atoms with Gasteiger partial charge in [0.25, 0.3) is 0 Å². The van der Waals surface area contributed by atoms with Crippen molar-refractivity contribution in [3.05, 3.63) is 54.1 Å². The number of phosphoric ester groups is 1. The predicted molar refractivity (Wildman–Crippen MR) is 276 cm³/mol. The van der Waals surface area contributed by atoms with Crippen molar-refractivity contribution in [2.45, 2.75) is 140 Å². The summed E-state index contributed by atoms with van der Waals surface area (Å²) < 4.78 is 34.1. The third kappa shape index (κ3) is 24.1.